The summed E-state index contributed by atoms with van der Waals surface area (Å²) in [6, 6.07) is 4.53. The number of amides is 2. The van der Waals surface area contributed by atoms with Crippen molar-refractivity contribution in [1.82, 2.24) is 4.90 Å². The molecule has 0 radical (unpaired) electrons. The maximum absolute atomic E-state index is 13.6. The minimum Gasteiger partial charge on any atom is -0.494 e. The molecule has 2 N–H and O–H groups in total. The second kappa shape index (κ2) is 7.76. The van der Waals surface area contributed by atoms with Gasteiger partial charge in [0.1, 0.15) is 0 Å². The van der Waals surface area contributed by atoms with Crippen molar-refractivity contribution in [2.45, 2.75) is 19.3 Å². The van der Waals surface area contributed by atoms with Gasteiger partial charge in [-0.05, 0) is 42.5 Å². The number of methoxy groups -OCH3 is 1. The monoisotopic (exact) mass is 320 g/mol. The molecule has 1 aliphatic rings. The van der Waals surface area contributed by atoms with Gasteiger partial charge in [0.15, 0.2) is 11.6 Å². The highest BCUT2D eigenvalue weighted by atomic mass is 19.1. The summed E-state index contributed by atoms with van der Waals surface area (Å²) in [4.78, 5) is 24.8. The van der Waals surface area contributed by atoms with Gasteiger partial charge in [-0.15, -0.1) is 0 Å². The van der Waals surface area contributed by atoms with Crippen LogP contribution in [0.2, 0.25) is 0 Å². The van der Waals surface area contributed by atoms with E-state index in [0.29, 0.717) is 25.1 Å². The molecule has 0 aliphatic carbocycles. The number of nitrogens with zero attached hydrogens (tertiary/aromatic N) is 1. The number of halogens is 1. The van der Waals surface area contributed by atoms with Crippen LogP contribution in [-0.2, 0) is 9.59 Å². The van der Waals surface area contributed by atoms with E-state index in [4.69, 9.17) is 10.5 Å². The predicted octanol–water partition coefficient (Wildman–Crippen LogP) is 1.96. The highest BCUT2D eigenvalue weighted by Gasteiger charge is 2.22. The molecule has 2 rings (SSSR count). The van der Waals surface area contributed by atoms with E-state index >= 15 is 0 Å². The smallest absolute Gasteiger partial charge is 0.246 e. The van der Waals surface area contributed by atoms with Crippen molar-refractivity contribution in [3.8, 4) is 5.75 Å². The Labute approximate surface area is 134 Å². The Morgan fingerprint density at radius 2 is 2.09 bits per heavy atom. The van der Waals surface area contributed by atoms with Crippen LogP contribution in [0, 0.1) is 11.7 Å². The van der Waals surface area contributed by atoms with Crippen LogP contribution in [0.1, 0.15) is 24.8 Å². The number of benzene rings is 1. The van der Waals surface area contributed by atoms with Crippen molar-refractivity contribution < 1.29 is 18.7 Å². The number of likely N-dealkylation sites (tertiary alicyclic amines) is 1. The van der Waals surface area contributed by atoms with Gasteiger partial charge in [-0.3, -0.25) is 9.59 Å². The first kappa shape index (κ1) is 17.0. The Balaban J connectivity index is 1.89. The molecule has 0 aromatic heterocycles. The number of hydrogen-bond acceptors (Lipinski definition) is 3. The van der Waals surface area contributed by atoms with Crippen molar-refractivity contribution in [2.24, 2.45) is 11.7 Å². The van der Waals surface area contributed by atoms with Crippen LogP contribution >= 0.6 is 0 Å². The molecule has 1 heterocycles. The van der Waals surface area contributed by atoms with Gasteiger partial charge in [0.2, 0.25) is 11.8 Å². The molecule has 0 spiro atoms. The SMILES string of the molecule is COc1ccc(/C=C\C(=O)N2CCC(CC(N)=O)CC2)cc1F. The average Bonchev–Trinajstić information content (AvgIpc) is 2.53. The zero-order valence-electron chi connectivity index (χ0n) is 13.1. The minimum atomic E-state index is -0.464. The molecule has 0 unspecified atom stereocenters. The fourth-order valence-corrected chi connectivity index (χ4v) is 2.70. The Hall–Kier alpha value is -2.37. The Morgan fingerprint density at radius 3 is 2.65 bits per heavy atom. The first-order chi connectivity index (χ1) is 11.0. The molecule has 23 heavy (non-hydrogen) atoms. The molecule has 1 saturated heterocycles. The molecule has 1 fully saturated rings. The summed E-state index contributed by atoms with van der Waals surface area (Å²) in [6.45, 7) is 1.22. The lowest BCUT2D eigenvalue weighted by atomic mass is 9.93. The normalized spacial score (nSPS) is 15.8. The fourth-order valence-electron chi connectivity index (χ4n) is 2.70. The Morgan fingerprint density at radius 1 is 1.39 bits per heavy atom. The lowest BCUT2D eigenvalue weighted by molar-refractivity contribution is -0.127. The summed E-state index contributed by atoms with van der Waals surface area (Å²) in [5.41, 5.74) is 5.79. The Kier molecular flexibility index (Phi) is 5.73. The van der Waals surface area contributed by atoms with Crippen molar-refractivity contribution >= 4 is 17.9 Å². The van der Waals surface area contributed by atoms with Crippen LogP contribution in [-0.4, -0.2) is 36.9 Å². The summed E-state index contributed by atoms with van der Waals surface area (Å²) < 4.78 is 18.4. The van der Waals surface area contributed by atoms with Crippen molar-refractivity contribution in [1.29, 1.82) is 0 Å². The van der Waals surface area contributed by atoms with E-state index < -0.39 is 5.82 Å². The third-order valence-electron chi connectivity index (χ3n) is 4.01. The number of nitrogens with two attached hydrogens (primary N) is 1. The largest absolute Gasteiger partial charge is 0.494 e. The molecule has 1 aliphatic heterocycles. The van der Waals surface area contributed by atoms with Gasteiger partial charge in [0.25, 0.3) is 0 Å². The molecular formula is C17H21FN2O3. The lowest BCUT2D eigenvalue weighted by Crippen LogP contribution is -2.38. The van der Waals surface area contributed by atoms with Gasteiger partial charge in [-0.1, -0.05) is 6.07 Å². The highest BCUT2D eigenvalue weighted by Crippen LogP contribution is 2.21. The van der Waals surface area contributed by atoms with Crippen LogP contribution < -0.4 is 10.5 Å². The molecule has 5 nitrogen and oxygen atoms in total. The number of primary amides is 1. The fraction of sp³-hybridized carbons (Fsp3) is 0.412. The summed E-state index contributed by atoms with van der Waals surface area (Å²) in [5.74, 6) is -0.439. The zero-order chi connectivity index (χ0) is 16.8. The summed E-state index contributed by atoms with van der Waals surface area (Å²) in [7, 11) is 1.40. The van der Waals surface area contributed by atoms with E-state index in [1.807, 2.05) is 0 Å². The topological polar surface area (TPSA) is 72.6 Å². The van der Waals surface area contributed by atoms with E-state index in [1.54, 1.807) is 17.0 Å². The lowest BCUT2D eigenvalue weighted by Gasteiger charge is -2.30. The number of rotatable bonds is 5. The molecule has 124 valence electrons. The minimum absolute atomic E-state index is 0.112. The van der Waals surface area contributed by atoms with Crippen LogP contribution in [0.25, 0.3) is 6.08 Å². The second-order valence-electron chi connectivity index (χ2n) is 5.67. The van der Waals surface area contributed by atoms with Crippen molar-refractivity contribution in [3.05, 3.63) is 35.7 Å². The molecule has 0 atom stereocenters. The summed E-state index contributed by atoms with van der Waals surface area (Å²) in [6.07, 6.45) is 4.96. The Bertz CT molecular complexity index is 608. The molecule has 2 amide bonds. The van der Waals surface area contributed by atoms with Crippen LogP contribution in [0.15, 0.2) is 24.3 Å². The standard InChI is InChI=1S/C17H21FN2O3/c1-23-15-4-2-12(10-14(15)18)3-5-17(22)20-8-6-13(7-9-20)11-16(19)21/h2-5,10,13H,6-9,11H2,1H3,(H2,19,21)/b5-3-. The number of carbonyl (C=O) groups excluding carboxylic acids is 2. The number of carbonyl (C=O) groups is 2. The highest BCUT2D eigenvalue weighted by molar-refractivity contribution is 5.91. The quantitative estimate of drug-likeness (QED) is 0.843. The van der Waals surface area contributed by atoms with Crippen molar-refractivity contribution in [3.63, 3.8) is 0 Å². The van der Waals surface area contributed by atoms with E-state index in [1.165, 1.54) is 25.3 Å². The number of piperidine rings is 1. The first-order valence-electron chi connectivity index (χ1n) is 7.58. The van der Waals surface area contributed by atoms with Gasteiger partial charge in [-0.25, -0.2) is 4.39 Å². The molecule has 0 saturated carbocycles. The molecule has 0 bridgehead atoms. The number of ether oxygens (including phenoxy) is 1. The van der Waals surface area contributed by atoms with Crippen LogP contribution in [0.3, 0.4) is 0 Å². The van der Waals surface area contributed by atoms with E-state index in [2.05, 4.69) is 0 Å². The van der Waals surface area contributed by atoms with Gasteiger partial charge in [0, 0.05) is 25.6 Å². The molecule has 6 heteroatoms. The van der Waals surface area contributed by atoms with Crippen molar-refractivity contribution in [2.75, 3.05) is 20.2 Å². The van der Waals surface area contributed by atoms with E-state index in [0.717, 1.165) is 12.8 Å². The second-order valence-corrected chi connectivity index (χ2v) is 5.67. The number of hydrogen-bond donors (Lipinski definition) is 1. The molecular weight excluding hydrogens is 299 g/mol. The van der Waals surface area contributed by atoms with E-state index in [9.17, 15) is 14.0 Å². The first-order valence-corrected chi connectivity index (χ1v) is 7.58. The average molecular weight is 320 g/mol. The van der Waals surface area contributed by atoms with Crippen LogP contribution in [0.4, 0.5) is 4.39 Å². The zero-order valence-corrected chi connectivity index (χ0v) is 13.1. The molecule has 1 aromatic carbocycles. The van der Waals surface area contributed by atoms with Crippen LogP contribution in [0.5, 0.6) is 5.75 Å². The molecule has 1 aromatic rings. The maximum atomic E-state index is 13.6. The van der Waals surface area contributed by atoms with Gasteiger partial charge in [-0.2, -0.15) is 0 Å². The van der Waals surface area contributed by atoms with Gasteiger partial charge >= 0.3 is 0 Å². The predicted molar refractivity (Wildman–Crippen MR) is 85.1 cm³/mol. The maximum Gasteiger partial charge on any atom is 0.246 e. The summed E-state index contributed by atoms with van der Waals surface area (Å²) in [5, 5.41) is 0. The third kappa shape index (κ3) is 4.81. The summed E-state index contributed by atoms with van der Waals surface area (Å²) >= 11 is 0. The third-order valence-corrected chi connectivity index (χ3v) is 4.01. The van der Waals surface area contributed by atoms with Gasteiger partial charge in [0.05, 0.1) is 7.11 Å². The van der Waals surface area contributed by atoms with Gasteiger partial charge < -0.3 is 15.4 Å². The van der Waals surface area contributed by atoms with E-state index in [-0.39, 0.29) is 23.5 Å².